The van der Waals surface area contributed by atoms with E-state index in [-0.39, 0.29) is 5.56 Å². The first-order valence-electron chi connectivity index (χ1n) is 7.68. The van der Waals surface area contributed by atoms with Crippen molar-refractivity contribution >= 4 is 16.9 Å². The van der Waals surface area contributed by atoms with Crippen LogP contribution in [0, 0.1) is 5.82 Å². The zero-order valence-electron chi connectivity index (χ0n) is 13.7. The molecule has 0 saturated heterocycles. The minimum absolute atomic E-state index is 0.0628. The molecule has 0 radical (unpaired) electrons. The molecule has 128 valence electrons. The third-order valence-electron chi connectivity index (χ3n) is 3.76. The standard InChI is InChI=1S/C19H16FNO4/c1-3-25-12-5-6-16-13(9-12)14(19(22)23)10-17(21-16)15-8-11(20)4-7-18(15)24-2/h4-10H,3H2,1-2H3,(H,22,23). The van der Waals surface area contributed by atoms with Gasteiger partial charge in [-0.15, -0.1) is 0 Å². The predicted octanol–water partition coefficient (Wildman–Crippen LogP) is 4.15. The Kier molecular flexibility index (Phi) is 4.52. The molecule has 25 heavy (non-hydrogen) atoms. The van der Waals surface area contributed by atoms with Crippen molar-refractivity contribution in [1.82, 2.24) is 4.98 Å². The summed E-state index contributed by atoms with van der Waals surface area (Å²) in [6.45, 7) is 2.32. The van der Waals surface area contributed by atoms with Crippen LogP contribution < -0.4 is 9.47 Å². The average molecular weight is 341 g/mol. The van der Waals surface area contributed by atoms with E-state index in [1.54, 1.807) is 18.2 Å². The number of carboxylic acids is 1. The first-order chi connectivity index (χ1) is 12.0. The molecule has 0 aliphatic carbocycles. The Labute approximate surface area is 143 Å². The normalized spacial score (nSPS) is 10.7. The zero-order chi connectivity index (χ0) is 18.0. The van der Waals surface area contributed by atoms with Crippen LogP contribution in [0.4, 0.5) is 4.39 Å². The van der Waals surface area contributed by atoms with Crippen LogP contribution in [-0.2, 0) is 0 Å². The lowest BCUT2D eigenvalue weighted by molar-refractivity contribution is 0.0699. The van der Waals surface area contributed by atoms with Crippen molar-refractivity contribution in [2.24, 2.45) is 0 Å². The first kappa shape index (κ1) is 16.7. The van der Waals surface area contributed by atoms with Crippen LogP contribution in [-0.4, -0.2) is 29.8 Å². The Morgan fingerprint density at radius 1 is 1.20 bits per heavy atom. The number of aromatic carboxylic acids is 1. The Balaban J connectivity index is 2.26. The Morgan fingerprint density at radius 3 is 2.68 bits per heavy atom. The number of benzene rings is 2. The lowest BCUT2D eigenvalue weighted by Crippen LogP contribution is -2.02. The third kappa shape index (κ3) is 3.24. The molecule has 1 N–H and O–H groups in total. The number of carbonyl (C=O) groups is 1. The summed E-state index contributed by atoms with van der Waals surface area (Å²) >= 11 is 0. The van der Waals surface area contributed by atoms with E-state index in [4.69, 9.17) is 9.47 Å². The minimum Gasteiger partial charge on any atom is -0.496 e. The van der Waals surface area contributed by atoms with Crippen LogP contribution in [0.25, 0.3) is 22.2 Å². The van der Waals surface area contributed by atoms with Gasteiger partial charge in [-0.1, -0.05) is 0 Å². The second-order valence-electron chi connectivity index (χ2n) is 5.32. The van der Waals surface area contributed by atoms with E-state index in [0.717, 1.165) is 0 Å². The van der Waals surface area contributed by atoms with E-state index in [0.29, 0.717) is 40.3 Å². The quantitative estimate of drug-likeness (QED) is 0.755. The minimum atomic E-state index is -1.10. The SMILES string of the molecule is CCOc1ccc2nc(-c3cc(F)ccc3OC)cc(C(=O)O)c2c1. The number of aromatic nitrogens is 1. The van der Waals surface area contributed by atoms with Gasteiger partial charge in [0.25, 0.3) is 0 Å². The lowest BCUT2D eigenvalue weighted by Gasteiger charge is -2.12. The molecular formula is C19H16FNO4. The Hall–Kier alpha value is -3.15. The molecule has 1 heterocycles. The van der Waals surface area contributed by atoms with Gasteiger partial charge in [0.2, 0.25) is 0 Å². The molecule has 0 atom stereocenters. The van der Waals surface area contributed by atoms with Gasteiger partial charge in [-0.05, 0) is 49.4 Å². The number of hydrogen-bond acceptors (Lipinski definition) is 4. The number of halogens is 1. The van der Waals surface area contributed by atoms with E-state index in [2.05, 4.69) is 4.98 Å². The molecule has 0 fully saturated rings. The number of nitrogens with zero attached hydrogens (tertiary/aromatic N) is 1. The van der Waals surface area contributed by atoms with E-state index < -0.39 is 11.8 Å². The van der Waals surface area contributed by atoms with Crippen molar-refractivity contribution in [1.29, 1.82) is 0 Å². The van der Waals surface area contributed by atoms with E-state index in [9.17, 15) is 14.3 Å². The van der Waals surface area contributed by atoms with Crippen molar-refractivity contribution in [3.63, 3.8) is 0 Å². The van der Waals surface area contributed by atoms with Crippen LogP contribution in [0.2, 0.25) is 0 Å². The first-order valence-corrected chi connectivity index (χ1v) is 7.68. The second kappa shape index (κ2) is 6.76. The zero-order valence-corrected chi connectivity index (χ0v) is 13.7. The molecule has 3 rings (SSSR count). The fourth-order valence-electron chi connectivity index (χ4n) is 2.66. The summed E-state index contributed by atoms with van der Waals surface area (Å²) in [4.78, 5) is 16.2. The van der Waals surface area contributed by atoms with Gasteiger partial charge in [0.05, 0.1) is 30.5 Å². The molecule has 0 amide bonds. The van der Waals surface area contributed by atoms with E-state index in [1.807, 2.05) is 6.92 Å². The number of fused-ring (bicyclic) bond motifs is 1. The maximum absolute atomic E-state index is 13.7. The maximum atomic E-state index is 13.7. The summed E-state index contributed by atoms with van der Waals surface area (Å²) in [7, 11) is 1.46. The smallest absolute Gasteiger partial charge is 0.336 e. The predicted molar refractivity (Wildman–Crippen MR) is 91.8 cm³/mol. The van der Waals surface area contributed by atoms with Crippen LogP contribution in [0.1, 0.15) is 17.3 Å². The highest BCUT2D eigenvalue weighted by Gasteiger charge is 2.16. The molecule has 0 saturated carbocycles. The number of methoxy groups -OCH3 is 1. The van der Waals surface area contributed by atoms with Gasteiger partial charge in [-0.25, -0.2) is 14.2 Å². The summed E-state index contributed by atoms with van der Waals surface area (Å²) in [6, 6.07) is 10.5. The van der Waals surface area contributed by atoms with Crippen LogP contribution in [0.3, 0.4) is 0 Å². The number of pyridine rings is 1. The highest BCUT2D eigenvalue weighted by molar-refractivity contribution is 6.04. The Morgan fingerprint density at radius 2 is 2.00 bits per heavy atom. The van der Waals surface area contributed by atoms with Crippen molar-refractivity contribution in [2.75, 3.05) is 13.7 Å². The van der Waals surface area contributed by atoms with Gasteiger partial charge in [-0.2, -0.15) is 0 Å². The topological polar surface area (TPSA) is 68.7 Å². The number of rotatable bonds is 5. The molecule has 2 aromatic carbocycles. The summed E-state index contributed by atoms with van der Waals surface area (Å²) in [6.07, 6.45) is 0. The number of carboxylic acid groups (broad SMARTS) is 1. The highest BCUT2D eigenvalue weighted by atomic mass is 19.1. The fraction of sp³-hybridized carbons (Fsp3) is 0.158. The molecule has 6 heteroatoms. The van der Waals surface area contributed by atoms with Crippen LogP contribution >= 0.6 is 0 Å². The molecule has 5 nitrogen and oxygen atoms in total. The van der Waals surface area contributed by atoms with Gasteiger partial charge in [-0.3, -0.25) is 0 Å². The lowest BCUT2D eigenvalue weighted by atomic mass is 10.0. The van der Waals surface area contributed by atoms with E-state index in [1.165, 1.54) is 31.4 Å². The van der Waals surface area contributed by atoms with Crippen molar-refractivity contribution in [2.45, 2.75) is 6.92 Å². The van der Waals surface area contributed by atoms with Gasteiger partial charge < -0.3 is 14.6 Å². The molecule has 0 unspecified atom stereocenters. The molecular weight excluding hydrogens is 325 g/mol. The van der Waals surface area contributed by atoms with E-state index >= 15 is 0 Å². The number of hydrogen-bond donors (Lipinski definition) is 1. The summed E-state index contributed by atoms with van der Waals surface area (Å²) < 4.78 is 24.3. The molecule has 3 aromatic rings. The summed E-state index contributed by atoms with van der Waals surface area (Å²) in [5.74, 6) is -0.579. The van der Waals surface area contributed by atoms with Crippen molar-refractivity contribution < 1.29 is 23.8 Å². The van der Waals surface area contributed by atoms with Crippen LogP contribution in [0.15, 0.2) is 42.5 Å². The van der Waals surface area contributed by atoms with Gasteiger partial charge in [0, 0.05) is 10.9 Å². The largest absolute Gasteiger partial charge is 0.496 e. The molecule has 0 bridgehead atoms. The van der Waals surface area contributed by atoms with Gasteiger partial charge in [0.1, 0.15) is 17.3 Å². The molecule has 1 aromatic heterocycles. The second-order valence-corrected chi connectivity index (χ2v) is 5.32. The maximum Gasteiger partial charge on any atom is 0.336 e. The fourth-order valence-corrected chi connectivity index (χ4v) is 2.66. The van der Waals surface area contributed by atoms with Crippen LogP contribution in [0.5, 0.6) is 11.5 Å². The van der Waals surface area contributed by atoms with Gasteiger partial charge >= 0.3 is 5.97 Å². The monoisotopic (exact) mass is 341 g/mol. The average Bonchev–Trinajstić information content (AvgIpc) is 2.61. The Bertz CT molecular complexity index is 956. The molecule has 0 aliphatic rings. The summed E-state index contributed by atoms with van der Waals surface area (Å²) in [5, 5.41) is 10.0. The van der Waals surface area contributed by atoms with Crippen molar-refractivity contribution in [3.8, 4) is 22.8 Å². The number of ether oxygens (including phenoxy) is 2. The summed E-state index contributed by atoms with van der Waals surface area (Å²) in [5.41, 5.74) is 1.25. The third-order valence-corrected chi connectivity index (χ3v) is 3.76. The van der Waals surface area contributed by atoms with Gasteiger partial charge in [0.15, 0.2) is 0 Å². The highest BCUT2D eigenvalue weighted by Crippen LogP contribution is 2.33. The molecule has 0 spiro atoms. The van der Waals surface area contributed by atoms with Crippen molar-refractivity contribution in [3.05, 3.63) is 53.8 Å². The molecule has 0 aliphatic heterocycles.